The van der Waals surface area contributed by atoms with E-state index in [0.29, 0.717) is 6.61 Å². The summed E-state index contributed by atoms with van der Waals surface area (Å²) >= 11 is 0. The lowest BCUT2D eigenvalue weighted by Crippen LogP contribution is -2.10. The fourth-order valence-electron chi connectivity index (χ4n) is 1.58. The first-order valence-electron chi connectivity index (χ1n) is 6.25. The third-order valence-corrected chi connectivity index (χ3v) is 2.58. The van der Waals surface area contributed by atoms with Crippen LogP contribution in [0.25, 0.3) is 0 Å². The van der Waals surface area contributed by atoms with Gasteiger partial charge < -0.3 is 14.5 Å². The quantitative estimate of drug-likeness (QED) is 0.529. The highest BCUT2D eigenvalue weighted by Crippen LogP contribution is 2.15. The number of unbranched alkanes of at least 4 members (excludes halogenated alkanes) is 1. The Labute approximate surface area is 104 Å². The van der Waals surface area contributed by atoms with Gasteiger partial charge in [0, 0.05) is 12.2 Å². The van der Waals surface area contributed by atoms with E-state index in [2.05, 4.69) is 24.9 Å². The molecule has 0 bridgehead atoms. The zero-order valence-corrected chi connectivity index (χ0v) is 10.9. The van der Waals surface area contributed by atoms with Crippen LogP contribution >= 0.6 is 0 Å². The average Bonchev–Trinajstić information content (AvgIpc) is 2.67. The van der Waals surface area contributed by atoms with Gasteiger partial charge in [-0.05, 0) is 32.4 Å². The summed E-state index contributed by atoms with van der Waals surface area (Å²) < 4.78 is 11.2. The molecule has 1 aromatic rings. The predicted octanol–water partition coefficient (Wildman–Crippen LogP) is 3.18. The lowest BCUT2D eigenvalue weighted by atomic mass is 10.2. The van der Waals surface area contributed by atoms with E-state index in [9.17, 15) is 0 Å². The summed E-state index contributed by atoms with van der Waals surface area (Å²) in [5.41, 5.74) is 1.15. The zero-order valence-electron chi connectivity index (χ0n) is 10.9. The fourth-order valence-corrected chi connectivity index (χ4v) is 1.58. The highest BCUT2D eigenvalue weighted by atomic mass is 16.5. The van der Waals surface area contributed by atoms with E-state index in [4.69, 9.17) is 9.15 Å². The first-order chi connectivity index (χ1) is 8.27. The average molecular weight is 237 g/mol. The van der Waals surface area contributed by atoms with Crippen LogP contribution in [0.4, 0.5) is 0 Å². The monoisotopic (exact) mass is 237 g/mol. The molecule has 0 atom stereocenters. The third kappa shape index (κ3) is 5.20. The third-order valence-electron chi connectivity index (χ3n) is 2.58. The first kappa shape index (κ1) is 14.0. The number of ether oxygens (including phenoxy) is 1. The molecule has 1 aromatic heterocycles. The van der Waals surface area contributed by atoms with Crippen molar-refractivity contribution in [2.75, 3.05) is 13.2 Å². The molecule has 1 N–H and O–H groups in total. The number of hydrogen-bond acceptors (Lipinski definition) is 3. The van der Waals surface area contributed by atoms with Gasteiger partial charge in [-0.25, -0.2) is 0 Å². The molecular weight excluding hydrogens is 214 g/mol. The second kappa shape index (κ2) is 8.09. The highest BCUT2D eigenvalue weighted by molar-refractivity contribution is 5.19. The van der Waals surface area contributed by atoms with Gasteiger partial charge in [-0.2, -0.15) is 0 Å². The van der Waals surface area contributed by atoms with E-state index in [1.54, 1.807) is 0 Å². The summed E-state index contributed by atoms with van der Waals surface area (Å²) in [4.78, 5) is 0. The van der Waals surface area contributed by atoms with Crippen molar-refractivity contribution < 1.29 is 9.15 Å². The molecule has 0 spiro atoms. The Hall–Kier alpha value is -1.06. The molecule has 0 fully saturated rings. The van der Waals surface area contributed by atoms with Crippen molar-refractivity contribution in [2.45, 2.75) is 39.8 Å². The van der Waals surface area contributed by atoms with Crippen LogP contribution in [0.3, 0.4) is 0 Å². The number of hydrogen-bond donors (Lipinski definition) is 1. The maximum absolute atomic E-state index is 5.64. The molecule has 0 aromatic carbocycles. The summed E-state index contributed by atoms with van der Waals surface area (Å²) in [7, 11) is 0. The van der Waals surface area contributed by atoms with Crippen LogP contribution in [-0.4, -0.2) is 13.2 Å². The van der Waals surface area contributed by atoms with Crippen molar-refractivity contribution in [2.24, 2.45) is 0 Å². The minimum atomic E-state index is 0.638. The maximum Gasteiger partial charge on any atom is 0.118 e. The van der Waals surface area contributed by atoms with Gasteiger partial charge in [0.15, 0.2) is 0 Å². The Morgan fingerprint density at radius 1 is 1.53 bits per heavy atom. The van der Waals surface area contributed by atoms with Crippen LogP contribution in [0, 0.1) is 6.92 Å². The molecule has 17 heavy (non-hydrogen) atoms. The van der Waals surface area contributed by atoms with Gasteiger partial charge >= 0.3 is 0 Å². The van der Waals surface area contributed by atoms with Crippen molar-refractivity contribution in [3.63, 3.8) is 0 Å². The van der Waals surface area contributed by atoms with Crippen LogP contribution in [0.1, 0.15) is 36.8 Å². The first-order valence-corrected chi connectivity index (χ1v) is 6.25. The second-order valence-corrected chi connectivity index (χ2v) is 4.06. The molecule has 0 aliphatic rings. The normalized spacial score (nSPS) is 10.7. The minimum Gasteiger partial charge on any atom is -0.465 e. The van der Waals surface area contributed by atoms with Crippen molar-refractivity contribution in [1.82, 2.24) is 5.32 Å². The van der Waals surface area contributed by atoms with Gasteiger partial charge in [0.05, 0.1) is 13.2 Å². The molecule has 0 aliphatic heterocycles. The highest BCUT2D eigenvalue weighted by Gasteiger charge is 2.06. The van der Waals surface area contributed by atoms with E-state index in [1.807, 2.05) is 13.0 Å². The van der Waals surface area contributed by atoms with Gasteiger partial charge in [-0.1, -0.05) is 13.0 Å². The molecule has 0 unspecified atom stereocenters. The molecule has 0 radical (unpaired) electrons. The van der Waals surface area contributed by atoms with Crippen LogP contribution in [0.15, 0.2) is 23.1 Å². The minimum absolute atomic E-state index is 0.638. The largest absolute Gasteiger partial charge is 0.465 e. The van der Waals surface area contributed by atoms with Crippen molar-refractivity contribution in [3.05, 3.63) is 35.8 Å². The predicted molar refractivity (Wildman–Crippen MR) is 69.9 cm³/mol. The van der Waals surface area contributed by atoms with Crippen LogP contribution in [0.5, 0.6) is 0 Å². The van der Waals surface area contributed by atoms with Crippen LogP contribution in [0.2, 0.25) is 0 Å². The summed E-state index contributed by atoms with van der Waals surface area (Å²) in [6, 6.07) is 2.07. The molecule has 1 heterocycles. The zero-order chi connectivity index (χ0) is 12.5. The van der Waals surface area contributed by atoms with E-state index < -0.39 is 0 Å². The second-order valence-electron chi connectivity index (χ2n) is 4.06. The van der Waals surface area contributed by atoms with Gasteiger partial charge in [0.2, 0.25) is 0 Å². The van der Waals surface area contributed by atoms with Gasteiger partial charge in [0.1, 0.15) is 11.5 Å². The maximum atomic E-state index is 5.64. The van der Waals surface area contributed by atoms with E-state index in [1.165, 1.54) is 0 Å². The topological polar surface area (TPSA) is 34.4 Å². The number of nitrogens with one attached hydrogen (secondary N) is 1. The summed E-state index contributed by atoms with van der Waals surface area (Å²) in [5, 5.41) is 3.24. The molecule has 96 valence electrons. The molecule has 3 nitrogen and oxygen atoms in total. The Bertz CT molecular complexity index is 331. The molecule has 0 aliphatic carbocycles. The van der Waals surface area contributed by atoms with E-state index >= 15 is 0 Å². The Kier molecular flexibility index (Phi) is 6.67. The fraction of sp³-hybridized carbons (Fsp3) is 0.571. The smallest absolute Gasteiger partial charge is 0.118 e. The van der Waals surface area contributed by atoms with E-state index in [-0.39, 0.29) is 0 Å². The molecule has 1 rings (SSSR count). The molecule has 0 saturated carbocycles. The van der Waals surface area contributed by atoms with Gasteiger partial charge in [0.25, 0.3) is 0 Å². The van der Waals surface area contributed by atoms with Crippen molar-refractivity contribution in [1.29, 1.82) is 0 Å². The summed E-state index contributed by atoms with van der Waals surface area (Å²) in [5.74, 6) is 1.94. The number of aryl methyl sites for hydroxylation is 1. The van der Waals surface area contributed by atoms with E-state index in [0.717, 1.165) is 49.6 Å². The Morgan fingerprint density at radius 2 is 2.35 bits per heavy atom. The van der Waals surface area contributed by atoms with Crippen molar-refractivity contribution >= 4 is 0 Å². The molecule has 3 heteroatoms. The summed E-state index contributed by atoms with van der Waals surface area (Å²) in [6.07, 6.45) is 3.96. The Balaban J connectivity index is 2.32. The summed E-state index contributed by atoms with van der Waals surface area (Å²) in [6.45, 7) is 10.9. The number of allylic oxidation sites excluding steroid dienone is 1. The molecular formula is C14H23NO2. The molecule has 0 amide bonds. The molecule has 0 saturated heterocycles. The van der Waals surface area contributed by atoms with Crippen LogP contribution in [-0.2, 0) is 17.9 Å². The van der Waals surface area contributed by atoms with Crippen LogP contribution < -0.4 is 5.32 Å². The number of furan rings is 1. The van der Waals surface area contributed by atoms with Gasteiger partial charge in [-0.3, -0.25) is 0 Å². The van der Waals surface area contributed by atoms with Gasteiger partial charge in [-0.15, -0.1) is 6.58 Å². The van der Waals surface area contributed by atoms with Crippen molar-refractivity contribution in [3.8, 4) is 0 Å². The Morgan fingerprint density at radius 3 is 3.06 bits per heavy atom. The lowest BCUT2D eigenvalue weighted by Gasteiger charge is -2.01. The number of rotatable bonds is 9. The lowest BCUT2D eigenvalue weighted by molar-refractivity contribution is 0.118. The standard InChI is InChI=1S/C14H23NO2/c1-4-6-7-8-16-11-13-9-14(10-15-5-2)17-12(13)3/h4,9,15H,1,5-8,10-11H2,2-3H3. The SMILES string of the molecule is C=CCCCOCc1cc(CNCC)oc1C.